The summed E-state index contributed by atoms with van der Waals surface area (Å²) < 4.78 is 6.20. The van der Waals surface area contributed by atoms with Crippen LogP contribution < -0.4 is 10.5 Å². The SMILES string of the molecule is Cc1ccc(-c2c(COc3ccc(C(C)(C)C(=O)O)cc3)c(C)nc(CC(C)(C)C)c2CN)cc1.Cl. The molecule has 0 radical (unpaired) electrons. The first-order valence-electron chi connectivity index (χ1n) is 12.1. The monoisotopic (exact) mass is 510 g/mol. The number of benzene rings is 2. The first kappa shape index (κ1) is 29.3. The van der Waals surface area contributed by atoms with Gasteiger partial charge >= 0.3 is 5.97 Å². The first-order chi connectivity index (χ1) is 16.3. The molecule has 5 nitrogen and oxygen atoms in total. The van der Waals surface area contributed by atoms with Crippen LogP contribution in [-0.4, -0.2) is 16.1 Å². The van der Waals surface area contributed by atoms with Crippen LogP contribution in [0.2, 0.25) is 0 Å². The number of rotatable bonds is 8. The number of aliphatic carboxylic acids is 1. The third kappa shape index (κ3) is 6.65. The van der Waals surface area contributed by atoms with Crippen molar-refractivity contribution in [2.45, 2.75) is 73.5 Å². The van der Waals surface area contributed by atoms with Crippen LogP contribution in [0, 0.1) is 19.3 Å². The standard InChI is InChI=1S/C30H38N2O3.ClH/c1-19-8-10-21(11-9-19)27-24(17-31)26(16-29(3,4)5)32-20(2)25(27)18-35-23-14-12-22(13-15-23)30(6,7)28(33)34;/h8-15H,16-18,31H2,1-7H3,(H,33,34);1H. The van der Waals surface area contributed by atoms with Gasteiger partial charge in [-0.2, -0.15) is 0 Å². The molecule has 0 aliphatic heterocycles. The lowest BCUT2D eigenvalue weighted by atomic mass is 9.85. The number of aromatic nitrogens is 1. The lowest BCUT2D eigenvalue weighted by Crippen LogP contribution is -2.28. The quantitative estimate of drug-likeness (QED) is 0.349. The van der Waals surface area contributed by atoms with Crippen molar-refractivity contribution in [3.63, 3.8) is 0 Å². The van der Waals surface area contributed by atoms with Crippen LogP contribution in [0.5, 0.6) is 5.75 Å². The predicted molar refractivity (Wildman–Crippen MR) is 149 cm³/mol. The van der Waals surface area contributed by atoms with Crippen molar-refractivity contribution in [1.82, 2.24) is 4.98 Å². The van der Waals surface area contributed by atoms with E-state index >= 15 is 0 Å². The average Bonchev–Trinajstić information content (AvgIpc) is 2.78. The lowest BCUT2D eigenvalue weighted by Gasteiger charge is -2.24. The van der Waals surface area contributed by atoms with Gasteiger partial charge in [-0.15, -0.1) is 12.4 Å². The number of ether oxygens (including phenoxy) is 1. The smallest absolute Gasteiger partial charge is 0.313 e. The van der Waals surface area contributed by atoms with Crippen LogP contribution in [-0.2, 0) is 29.8 Å². The zero-order valence-electron chi connectivity index (χ0n) is 22.4. The molecule has 0 saturated carbocycles. The van der Waals surface area contributed by atoms with Crippen LogP contribution in [0.25, 0.3) is 11.1 Å². The fraction of sp³-hybridized carbons (Fsp3) is 0.400. The number of hydrogen-bond acceptors (Lipinski definition) is 4. The van der Waals surface area contributed by atoms with Gasteiger partial charge in [0.2, 0.25) is 0 Å². The molecular weight excluding hydrogens is 472 g/mol. The van der Waals surface area contributed by atoms with Gasteiger partial charge in [-0.25, -0.2) is 0 Å². The van der Waals surface area contributed by atoms with Gasteiger partial charge in [-0.05, 0) is 73.9 Å². The maximum Gasteiger partial charge on any atom is 0.313 e. The van der Waals surface area contributed by atoms with Crippen LogP contribution >= 0.6 is 12.4 Å². The van der Waals surface area contributed by atoms with Crippen molar-refractivity contribution in [2.75, 3.05) is 0 Å². The topological polar surface area (TPSA) is 85.4 Å². The Morgan fingerprint density at radius 3 is 2.03 bits per heavy atom. The molecule has 194 valence electrons. The van der Waals surface area contributed by atoms with Gasteiger partial charge < -0.3 is 15.6 Å². The highest BCUT2D eigenvalue weighted by atomic mass is 35.5. The highest BCUT2D eigenvalue weighted by molar-refractivity contribution is 5.85. The van der Waals surface area contributed by atoms with Crippen molar-refractivity contribution >= 4 is 18.4 Å². The van der Waals surface area contributed by atoms with E-state index in [0.29, 0.717) is 18.9 Å². The summed E-state index contributed by atoms with van der Waals surface area (Å²) in [6.07, 6.45) is 0.835. The highest BCUT2D eigenvalue weighted by Gasteiger charge is 2.29. The van der Waals surface area contributed by atoms with E-state index in [0.717, 1.165) is 45.6 Å². The Morgan fingerprint density at radius 1 is 0.944 bits per heavy atom. The summed E-state index contributed by atoms with van der Waals surface area (Å²) in [5.41, 5.74) is 13.6. The Kier molecular flexibility index (Phi) is 9.33. The molecule has 2 aromatic carbocycles. The molecule has 0 spiro atoms. The Labute approximate surface area is 221 Å². The molecule has 0 saturated heterocycles. The summed E-state index contributed by atoms with van der Waals surface area (Å²) in [4.78, 5) is 16.6. The number of nitrogens with zero attached hydrogens (tertiary/aromatic N) is 1. The minimum atomic E-state index is -0.962. The summed E-state index contributed by atoms with van der Waals surface area (Å²) in [5.74, 6) is -0.183. The van der Waals surface area contributed by atoms with Gasteiger partial charge in [0, 0.05) is 23.5 Å². The van der Waals surface area contributed by atoms with E-state index < -0.39 is 11.4 Å². The van der Waals surface area contributed by atoms with Gasteiger partial charge in [-0.3, -0.25) is 9.78 Å². The zero-order chi connectivity index (χ0) is 26.0. The van der Waals surface area contributed by atoms with E-state index in [1.54, 1.807) is 13.8 Å². The maximum absolute atomic E-state index is 11.6. The van der Waals surface area contributed by atoms with Crippen LogP contribution in [0.15, 0.2) is 48.5 Å². The maximum atomic E-state index is 11.6. The summed E-state index contributed by atoms with van der Waals surface area (Å²) >= 11 is 0. The van der Waals surface area contributed by atoms with E-state index in [1.165, 1.54) is 5.56 Å². The molecule has 3 rings (SSSR count). The second-order valence-corrected chi connectivity index (χ2v) is 11.0. The van der Waals surface area contributed by atoms with E-state index in [2.05, 4.69) is 52.0 Å². The fourth-order valence-corrected chi connectivity index (χ4v) is 4.21. The number of carbonyl (C=O) groups is 1. The summed E-state index contributed by atoms with van der Waals surface area (Å²) in [6.45, 7) is 14.9. The Bertz CT molecular complexity index is 1190. The average molecular weight is 511 g/mol. The molecule has 0 amide bonds. The Morgan fingerprint density at radius 2 is 1.53 bits per heavy atom. The Hall–Kier alpha value is -2.89. The zero-order valence-corrected chi connectivity index (χ0v) is 23.3. The number of pyridine rings is 1. The third-order valence-electron chi connectivity index (χ3n) is 6.43. The second kappa shape index (κ2) is 11.4. The number of aryl methyl sites for hydroxylation is 2. The van der Waals surface area contributed by atoms with Gasteiger partial charge in [0.25, 0.3) is 0 Å². The molecular formula is C30H39ClN2O3. The molecule has 0 unspecified atom stereocenters. The molecule has 0 aliphatic carbocycles. The molecule has 6 heteroatoms. The molecule has 1 aromatic heterocycles. The van der Waals surface area contributed by atoms with Crippen molar-refractivity contribution < 1.29 is 14.6 Å². The minimum Gasteiger partial charge on any atom is -0.489 e. The van der Waals surface area contributed by atoms with Crippen LogP contribution in [0.4, 0.5) is 0 Å². The van der Waals surface area contributed by atoms with Gasteiger partial charge in [0.1, 0.15) is 12.4 Å². The molecule has 0 atom stereocenters. The van der Waals surface area contributed by atoms with Gasteiger partial charge in [0.05, 0.1) is 5.41 Å². The molecule has 0 aliphatic rings. The molecule has 3 aromatic rings. The van der Waals surface area contributed by atoms with Crippen LogP contribution in [0.3, 0.4) is 0 Å². The minimum absolute atomic E-state index is 0. The van der Waals surface area contributed by atoms with Crippen molar-refractivity contribution in [3.05, 3.63) is 82.2 Å². The van der Waals surface area contributed by atoms with E-state index in [9.17, 15) is 9.90 Å². The van der Waals surface area contributed by atoms with Gasteiger partial charge in [0.15, 0.2) is 0 Å². The molecule has 0 bridgehead atoms. The van der Waals surface area contributed by atoms with E-state index in [4.69, 9.17) is 15.5 Å². The third-order valence-corrected chi connectivity index (χ3v) is 6.43. The second-order valence-electron chi connectivity index (χ2n) is 11.0. The number of carboxylic acid groups (broad SMARTS) is 1. The molecule has 3 N–H and O–H groups in total. The largest absolute Gasteiger partial charge is 0.489 e. The van der Waals surface area contributed by atoms with Crippen molar-refractivity contribution in [1.29, 1.82) is 0 Å². The highest BCUT2D eigenvalue weighted by Crippen LogP contribution is 2.35. The van der Waals surface area contributed by atoms with E-state index in [-0.39, 0.29) is 17.8 Å². The molecule has 1 heterocycles. The summed E-state index contributed by atoms with van der Waals surface area (Å²) in [5, 5.41) is 9.50. The van der Waals surface area contributed by atoms with E-state index in [1.807, 2.05) is 31.2 Å². The number of nitrogens with two attached hydrogens (primary N) is 1. The number of carboxylic acids is 1. The van der Waals surface area contributed by atoms with Crippen molar-refractivity contribution in [2.24, 2.45) is 11.1 Å². The van der Waals surface area contributed by atoms with Crippen LogP contribution in [0.1, 0.15) is 68.3 Å². The molecule has 36 heavy (non-hydrogen) atoms. The number of halogens is 1. The lowest BCUT2D eigenvalue weighted by molar-refractivity contribution is -0.142. The summed E-state index contributed by atoms with van der Waals surface area (Å²) in [6, 6.07) is 15.8. The summed E-state index contributed by atoms with van der Waals surface area (Å²) in [7, 11) is 0. The Balaban J connectivity index is 0.00000456. The predicted octanol–water partition coefficient (Wildman–Crippen LogP) is 6.78. The van der Waals surface area contributed by atoms with Crippen molar-refractivity contribution in [3.8, 4) is 16.9 Å². The fourth-order valence-electron chi connectivity index (χ4n) is 4.21. The first-order valence-corrected chi connectivity index (χ1v) is 12.1. The molecule has 0 fully saturated rings. The normalized spacial score (nSPS) is 11.7. The number of hydrogen-bond donors (Lipinski definition) is 2. The van der Waals surface area contributed by atoms with Gasteiger partial charge in [-0.1, -0.05) is 62.7 Å².